The maximum absolute atomic E-state index is 12.7. The molecule has 2 aromatic rings. The maximum atomic E-state index is 12.7. The number of halogens is 1. The first-order chi connectivity index (χ1) is 11.7. The summed E-state index contributed by atoms with van der Waals surface area (Å²) < 4.78 is 32.9. The van der Waals surface area contributed by atoms with Crippen molar-refractivity contribution in [3.63, 3.8) is 0 Å². The fourth-order valence-electron chi connectivity index (χ4n) is 2.18. The first-order valence-electron chi connectivity index (χ1n) is 7.36. The third-order valence-electron chi connectivity index (χ3n) is 3.65. The first-order valence-corrected chi connectivity index (χ1v) is 9.22. The molecule has 0 aromatic heterocycles. The number of methoxy groups -OCH3 is 1. The minimum atomic E-state index is -3.87. The van der Waals surface area contributed by atoms with Gasteiger partial charge in [-0.25, -0.2) is 8.42 Å². The highest BCUT2D eigenvalue weighted by Crippen LogP contribution is 2.26. The van der Waals surface area contributed by atoms with E-state index in [1.807, 2.05) is 0 Å². The van der Waals surface area contributed by atoms with Gasteiger partial charge in [-0.05, 0) is 48.9 Å². The lowest BCUT2D eigenvalue weighted by molar-refractivity contribution is -0.113. The van der Waals surface area contributed by atoms with Gasteiger partial charge >= 0.3 is 0 Å². The maximum Gasteiger partial charge on any atom is 0.241 e. The highest BCUT2D eigenvalue weighted by molar-refractivity contribution is 7.89. The fourth-order valence-corrected chi connectivity index (χ4v) is 3.52. The number of Topliss-reactive ketones (excluding diaryl/α,β-unsaturated/α-hetero) is 1. The summed E-state index contributed by atoms with van der Waals surface area (Å²) in [6.45, 7) is 5.07. The van der Waals surface area contributed by atoms with Crippen LogP contribution < -0.4 is 9.46 Å². The number of ether oxygens (including phenoxy) is 1. The predicted octanol–water partition coefficient (Wildman–Crippen LogP) is 3.51. The van der Waals surface area contributed by atoms with Crippen LogP contribution in [-0.4, -0.2) is 21.3 Å². The largest absolute Gasteiger partial charge is 0.497 e. The van der Waals surface area contributed by atoms with Crippen molar-refractivity contribution >= 4 is 27.4 Å². The quantitative estimate of drug-likeness (QED) is 0.747. The molecule has 0 saturated heterocycles. The van der Waals surface area contributed by atoms with Gasteiger partial charge in [-0.3, -0.25) is 4.79 Å². The molecular weight excluding hydrogens is 362 g/mol. The Morgan fingerprint density at radius 2 is 1.68 bits per heavy atom. The lowest BCUT2D eigenvalue weighted by atomic mass is 9.98. The molecule has 0 aliphatic rings. The summed E-state index contributed by atoms with van der Waals surface area (Å²) in [5.74, 6) is 0.235. The topological polar surface area (TPSA) is 72.5 Å². The first kappa shape index (κ1) is 19.2. The molecule has 2 rings (SSSR count). The van der Waals surface area contributed by atoms with Crippen LogP contribution in [0.1, 0.15) is 18.5 Å². The van der Waals surface area contributed by atoms with Gasteiger partial charge in [0, 0.05) is 10.6 Å². The van der Waals surface area contributed by atoms with E-state index in [2.05, 4.69) is 11.3 Å². The second-order valence-corrected chi connectivity index (χ2v) is 7.51. The minimum Gasteiger partial charge on any atom is -0.497 e. The highest BCUT2D eigenvalue weighted by Gasteiger charge is 2.25. The van der Waals surface area contributed by atoms with E-state index in [4.69, 9.17) is 16.3 Å². The monoisotopic (exact) mass is 379 g/mol. The van der Waals surface area contributed by atoms with Gasteiger partial charge in [0.2, 0.25) is 10.0 Å². The summed E-state index contributed by atoms with van der Waals surface area (Å²) in [6, 6.07) is 11.6. The Kier molecular flexibility index (Phi) is 6.00. The summed E-state index contributed by atoms with van der Waals surface area (Å²) in [7, 11) is -2.38. The number of carbonyl (C=O) groups excluding carboxylic acids is 1. The molecule has 1 N–H and O–H groups in total. The van der Waals surface area contributed by atoms with Gasteiger partial charge in [0.15, 0.2) is 5.78 Å². The molecule has 2 aromatic carbocycles. The Labute approximate surface area is 152 Å². The van der Waals surface area contributed by atoms with Crippen molar-refractivity contribution in [2.75, 3.05) is 7.11 Å². The number of carbonyl (C=O) groups is 1. The van der Waals surface area contributed by atoms with Crippen LogP contribution in [0.2, 0.25) is 5.02 Å². The van der Waals surface area contributed by atoms with Crippen LogP contribution in [0.3, 0.4) is 0 Å². The molecule has 0 radical (unpaired) electrons. The molecule has 132 valence electrons. The zero-order valence-electron chi connectivity index (χ0n) is 13.8. The number of rotatable bonds is 7. The molecule has 5 nitrogen and oxygen atoms in total. The average molecular weight is 380 g/mol. The second-order valence-electron chi connectivity index (χ2n) is 5.36. The Morgan fingerprint density at radius 3 is 2.16 bits per heavy atom. The minimum absolute atomic E-state index is 0.0589. The van der Waals surface area contributed by atoms with E-state index < -0.39 is 16.1 Å². The molecule has 1 atom stereocenters. The lowest BCUT2D eigenvalue weighted by Crippen LogP contribution is -2.31. The normalized spacial score (nSPS) is 12.4. The van der Waals surface area contributed by atoms with E-state index in [1.165, 1.54) is 26.2 Å². The summed E-state index contributed by atoms with van der Waals surface area (Å²) >= 11 is 5.88. The lowest BCUT2D eigenvalue weighted by Gasteiger charge is -2.20. The molecular formula is C18H18ClNO4S. The van der Waals surface area contributed by atoms with E-state index >= 15 is 0 Å². The van der Waals surface area contributed by atoms with E-state index in [0.29, 0.717) is 16.3 Å². The number of benzene rings is 2. The molecule has 0 fully saturated rings. The molecule has 0 bridgehead atoms. The Balaban J connectivity index is 2.38. The molecule has 0 saturated carbocycles. The van der Waals surface area contributed by atoms with Gasteiger partial charge in [-0.1, -0.05) is 30.3 Å². The van der Waals surface area contributed by atoms with Crippen molar-refractivity contribution in [2.24, 2.45) is 0 Å². The molecule has 0 amide bonds. The smallest absolute Gasteiger partial charge is 0.241 e. The van der Waals surface area contributed by atoms with Crippen molar-refractivity contribution in [3.8, 4) is 5.75 Å². The Morgan fingerprint density at radius 1 is 1.12 bits per heavy atom. The van der Waals surface area contributed by atoms with Gasteiger partial charge in [0.1, 0.15) is 5.75 Å². The third kappa shape index (κ3) is 4.69. The van der Waals surface area contributed by atoms with Crippen LogP contribution in [0.4, 0.5) is 0 Å². The van der Waals surface area contributed by atoms with Crippen molar-refractivity contribution < 1.29 is 17.9 Å². The standard InChI is InChI=1S/C18H18ClNO4S/c1-12(13(2)21)18(14-4-6-15(19)7-5-14)20-25(22,23)17-10-8-16(24-3)9-11-17/h4-11,18,20H,1H2,2-3H3/t18-/m1/s1. The highest BCUT2D eigenvalue weighted by atomic mass is 35.5. The molecule has 0 spiro atoms. The van der Waals surface area contributed by atoms with E-state index in [1.54, 1.807) is 36.4 Å². The Hall–Kier alpha value is -2.15. The SMILES string of the molecule is C=C(C(C)=O)[C@@H](NS(=O)(=O)c1ccc(OC)cc1)c1ccc(Cl)cc1. The fraction of sp³-hybridized carbons (Fsp3) is 0.167. The van der Waals surface area contributed by atoms with Crippen molar-refractivity contribution in [3.05, 3.63) is 71.3 Å². The number of nitrogens with one attached hydrogen (secondary N) is 1. The van der Waals surface area contributed by atoms with Gasteiger partial charge in [-0.2, -0.15) is 4.72 Å². The van der Waals surface area contributed by atoms with Gasteiger partial charge in [0.05, 0.1) is 18.0 Å². The van der Waals surface area contributed by atoms with Crippen LogP contribution >= 0.6 is 11.6 Å². The number of hydrogen-bond acceptors (Lipinski definition) is 4. The third-order valence-corrected chi connectivity index (χ3v) is 5.34. The van der Waals surface area contributed by atoms with Crippen LogP contribution in [0.15, 0.2) is 65.6 Å². The Bertz CT molecular complexity index is 874. The molecule has 25 heavy (non-hydrogen) atoms. The summed E-state index contributed by atoms with van der Waals surface area (Å²) in [5.41, 5.74) is 0.709. The molecule has 0 aliphatic heterocycles. The number of sulfonamides is 1. The average Bonchev–Trinajstić information content (AvgIpc) is 2.60. The zero-order chi connectivity index (χ0) is 18.6. The summed E-state index contributed by atoms with van der Waals surface area (Å²) in [5, 5.41) is 0.508. The van der Waals surface area contributed by atoms with Crippen LogP contribution in [-0.2, 0) is 14.8 Å². The van der Waals surface area contributed by atoms with Gasteiger partial charge < -0.3 is 4.74 Å². The predicted molar refractivity (Wildman–Crippen MR) is 97.3 cm³/mol. The van der Waals surface area contributed by atoms with Crippen molar-refractivity contribution in [1.82, 2.24) is 4.72 Å². The van der Waals surface area contributed by atoms with E-state index in [-0.39, 0.29) is 16.3 Å². The number of hydrogen-bond donors (Lipinski definition) is 1. The van der Waals surface area contributed by atoms with E-state index in [9.17, 15) is 13.2 Å². The van der Waals surface area contributed by atoms with Crippen LogP contribution in [0.5, 0.6) is 5.75 Å². The van der Waals surface area contributed by atoms with Gasteiger partial charge in [0.25, 0.3) is 0 Å². The van der Waals surface area contributed by atoms with Crippen LogP contribution in [0.25, 0.3) is 0 Å². The van der Waals surface area contributed by atoms with Crippen molar-refractivity contribution in [2.45, 2.75) is 17.9 Å². The molecule has 0 aliphatic carbocycles. The van der Waals surface area contributed by atoms with E-state index in [0.717, 1.165) is 0 Å². The summed E-state index contributed by atoms with van der Waals surface area (Å²) in [6.07, 6.45) is 0. The molecule has 0 heterocycles. The molecule has 7 heteroatoms. The molecule has 0 unspecified atom stereocenters. The summed E-state index contributed by atoms with van der Waals surface area (Å²) in [4.78, 5) is 11.8. The van der Waals surface area contributed by atoms with Crippen molar-refractivity contribution in [1.29, 1.82) is 0 Å². The van der Waals surface area contributed by atoms with Gasteiger partial charge in [-0.15, -0.1) is 0 Å². The second kappa shape index (κ2) is 7.82. The zero-order valence-corrected chi connectivity index (χ0v) is 15.4. The number of ketones is 1. The van der Waals surface area contributed by atoms with Crippen LogP contribution in [0, 0.1) is 0 Å².